The summed E-state index contributed by atoms with van der Waals surface area (Å²) in [7, 11) is 4.04. The zero-order valence-corrected chi connectivity index (χ0v) is 12.5. The predicted molar refractivity (Wildman–Crippen MR) is 83.4 cm³/mol. The van der Waals surface area contributed by atoms with E-state index in [0.29, 0.717) is 6.61 Å². The Kier molecular flexibility index (Phi) is 3.70. The van der Waals surface area contributed by atoms with Crippen molar-refractivity contribution in [2.24, 2.45) is 5.92 Å². The van der Waals surface area contributed by atoms with Crippen molar-refractivity contribution >= 4 is 0 Å². The molecular weight excluding hydrogens is 262 g/mol. The minimum atomic E-state index is -1.01. The van der Waals surface area contributed by atoms with E-state index in [2.05, 4.69) is 4.90 Å². The molecule has 110 valence electrons. The molecule has 3 nitrogen and oxygen atoms in total. The molecule has 0 radical (unpaired) electrons. The van der Waals surface area contributed by atoms with Crippen LogP contribution < -0.4 is 4.74 Å². The highest BCUT2D eigenvalue weighted by molar-refractivity contribution is 5.47. The summed E-state index contributed by atoms with van der Waals surface area (Å²) < 4.78 is 5.87. The predicted octanol–water partition coefficient (Wildman–Crippen LogP) is 2.49. The van der Waals surface area contributed by atoms with Crippen LogP contribution in [0.5, 0.6) is 5.75 Å². The molecule has 0 saturated heterocycles. The normalized spacial score (nSPS) is 24.5. The van der Waals surface area contributed by atoms with Crippen LogP contribution in [0.15, 0.2) is 54.6 Å². The lowest BCUT2D eigenvalue weighted by Crippen LogP contribution is -2.47. The second-order valence-electron chi connectivity index (χ2n) is 5.90. The van der Waals surface area contributed by atoms with Crippen molar-refractivity contribution in [2.45, 2.75) is 5.60 Å². The zero-order chi connectivity index (χ0) is 14.9. The van der Waals surface area contributed by atoms with Gasteiger partial charge in [0.25, 0.3) is 0 Å². The van der Waals surface area contributed by atoms with Crippen LogP contribution in [0, 0.1) is 5.92 Å². The van der Waals surface area contributed by atoms with Crippen molar-refractivity contribution in [1.29, 1.82) is 0 Å². The summed E-state index contributed by atoms with van der Waals surface area (Å²) in [6.07, 6.45) is 0. The second-order valence-corrected chi connectivity index (χ2v) is 5.90. The average molecular weight is 283 g/mol. The molecule has 0 bridgehead atoms. The maximum atomic E-state index is 11.6. The van der Waals surface area contributed by atoms with Gasteiger partial charge in [0.05, 0.1) is 6.61 Å². The lowest BCUT2D eigenvalue weighted by molar-refractivity contribution is -0.0337. The number of ether oxygens (including phenoxy) is 1. The summed E-state index contributed by atoms with van der Waals surface area (Å²) in [5, 5.41) is 11.6. The highest BCUT2D eigenvalue weighted by Crippen LogP contribution is 2.44. The molecule has 1 N–H and O–H groups in total. The topological polar surface area (TPSA) is 32.7 Å². The summed E-state index contributed by atoms with van der Waals surface area (Å²) in [6.45, 7) is 1.28. The number of benzene rings is 2. The number of hydrogen-bond acceptors (Lipinski definition) is 3. The van der Waals surface area contributed by atoms with Gasteiger partial charge in [-0.05, 0) is 25.7 Å². The highest BCUT2D eigenvalue weighted by Gasteiger charge is 2.45. The molecule has 2 aromatic carbocycles. The number of aliphatic hydroxyl groups is 1. The van der Waals surface area contributed by atoms with Crippen molar-refractivity contribution in [3.05, 3.63) is 65.7 Å². The molecular formula is C18H21NO2. The lowest BCUT2D eigenvalue weighted by Gasteiger charge is -2.42. The Hall–Kier alpha value is -1.84. The molecule has 3 rings (SSSR count). The maximum Gasteiger partial charge on any atom is 0.125 e. The summed E-state index contributed by atoms with van der Waals surface area (Å²) in [5.74, 6) is 0.767. The molecule has 1 aliphatic heterocycles. The minimum Gasteiger partial charge on any atom is -0.493 e. The van der Waals surface area contributed by atoms with Crippen LogP contribution in [-0.4, -0.2) is 37.3 Å². The van der Waals surface area contributed by atoms with Gasteiger partial charge in [-0.2, -0.15) is 0 Å². The molecule has 3 heteroatoms. The van der Waals surface area contributed by atoms with Crippen LogP contribution in [0.4, 0.5) is 0 Å². The smallest absolute Gasteiger partial charge is 0.125 e. The van der Waals surface area contributed by atoms with Gasteiger partial charge in [-0.15, -0.1) is 0 Å². The number of rotatable bonds is 3. The van der Waals surface area contributed by atoms with Crippen LogP contribution >= 0.6 is 0 Å². The molecule has 0 aliphatic carbocycles. The minimum absolute atomic E-state index is 0.00944. The van der Waals surface area contributed by atoms with Crippen LogP contribution in [-0.2, 0) is 5.60 Å². The van der Waals surface area contributed by atoms with E-state index < -0.39 is 5.60 Å². The molecule has 2 aromatic rings. The van der Waals surface area contributed by atoms with Crippen molar-refractivity contribution in [3.8, 4) is 5.75 Å². The van der Waals surface area contributed by atoms with Gasteiger partial charge in [-0.1, -0.05) is 48.5 Å². The van der Waals surface area contributed by atoms with E-state index in [9.17, 15) is 5.11 Å². The van der Waals surface area contributed by atoms with Gasteiger partial charge >= 0.3 is 0 Å². The van der Waals surface area contributed by atoms with Gasteiger partial charge in [-0.3, -0.25) is 0 Å². The third kappa shape index (κ3) is 2.43. The summed E-state index contributed by atoms with van der Waals surface area (Å²) in [5.41, 5.74) is 0.766. The molecule has 1 aliphatic rings. The second kappa shape index (κ2) is 5.51. The molecule has 0 fully saturated rings. The van der Waals surface area contributed by atoms with Crippen LogP contribution in [0.1, 0.15) is 11.1 Å². The van der Waals surface area contributed by atoms with Crippen molar-refractivity contribution in [2.75, 3.05) is 27.2 Å². The Morgan fingerprint density at radius 1 is 1.10 bits per heavy atom. The number of hydrogen-bond donors (Lipinski definition) is 1. The molecule has 0 unspecified atom stereocenters. The van der Waals surface area contributed by atoms with Crippen molar-refractivity contribution < 1.29 is 9.84 Å². The Labute approximate surface area is 125 Å². The number of para-hydroxylation sites is 1. The Balaban J connectivity index is 2.14. The van der Waals surface area contributed by atoms with E-state index in [0.717, 1.165) is 23.4 Å². The summed E-state index contributed by atoms with van der Waals surface area (Å²) in [6, 6.07) is 17.7. The van der Waals surface area contributed by atoms with E-state index in [1.807, 2.05) is 68.7 Å². The number of nitrogens with zero attached hydrogens (tertiary/aromatic N) is 1. The average Bonchev–Trinajstić information content (AvgIpc) is 2.51. The Bertz CT molecular complexity index is 612. The highest BCUT2D eigenvalue weighted by atomic mass is 16.5. The monoisotopic (exact) mass is 283 g/mol. The molecule has 0 saturated carbocycles. The third-order valence-corrected chi connectivity index (χ3v) is 4.13. The quantitative estimate of drug-likeness (QED) is 0.939. The SMILES string of the molecule is CN(C)C[C@@H]1COc2ccccc2[C@@]1(O)c1ccccc1. The largest absolute Gasteiger partial charge is 0.493 e. The summed E-state index contributed by atoms with van der Waals surface area (Å²) in [4.78, 5) is 2.09. The fourth-order valence-electron chi connectivity index (χ4n) is 3.15. The molecule has 0 spiro atoms. The molecule has 0 amide bonds. The van der Waals surface area contributed by atoms with Gasteiger partial charge in [-0.25, -0.2) is 0 Å². The first-order valence-corrected chi connectivity index (χ1v) is 7.27. The molecule has 0 aromatic heterocycles. The van der Waals surface area contributed by atoms with Crippen molar-refractivity contribution in [3.63, 3.8) is 0 Å². The maximum absolute atomic E-state index is 11.6. The molecule has 1 heterocycles. The molecule has 2 atom stereocenters. The van der Waals surface area contributed by atoms with E-state index in [1.165, 1.54) is 0 Å². The standard InChI is InChI=1S/C18H21NO2/c1-19(2)12-15-13-21-17-11-7-6-10-16(17)18(15,20)14-8-4-3-5-9-14/h3-11,15,20H,12-13H2,1-2H3/t15-,18-/m1/s1. The lowest BCUT2D eigenvalue weighted by atomic mass is 9.74. The van der Waals surface area contributed by atoms with Gasteiger partial charge in [0.15, 0.2) is 0 Å². The molecule has 21 heavy (non-hydrogen) atoms. The Morgan fingerprint density at radius 3 is 2.48 bits per heavy atom. The summed E-state index contributed by atoms with van der Waals surface area (Å²) >= 11 is 0. The zero-order valence-electron chi connectivity index (χ0n) is 12.5. The van der Waals surface area contributed by atoms with Gasteiger partial charge < -0.3 is 14.7 Å². The fraction of sp³-hybridized carbons (Fsp3) is 0.333. The van der Waals surface area contributed by atoms with Gasteiger partial charge in [0.1, 0.15) is 11.4 Å². The van der Waals surface area contributed by atoms with Crippen LogP contribution in [0.25, 0.3) is 0 Å². The van der Waals surface area contributed by atoms with Gasteiger partial charge in [0.2, 0.25) is 0 Å². The van der Waals surface area contributed by atoms with E-state index in [1.54, 1.807) is 0 Å². The van der Waals surface area contributed by atoms with E-state index >= 15 is 0 Å². The van der Waals surface area contributed by atoms with Crippen LogP contribution in [0.3, 0.4) is 0 Å². The van der Waals surface area contributed by atoms with Crippen molar-refractivity contribution in [1.82, 2.24) is 4.90 Å². The Morgan fingerprint density at radius 2 is 1.76 bits per heavy atom. The number of fused-ring (bicyclic) bond motifs is 1. The van der Waals surface area contributed by atoms with E-state index in [4.69, 9.17) is 4.74 Å². The van der Waals surface area contributed by atoms with Crippen LogP contribution in [0.2, 0.25) is 0 Å². The van der Waals surface area contributed by atoms with E-state index in [-0.39, 0.29) is 5.92 Å². The first kappa shape index (κ1) is 14.1. The third-order valence-electron chi connectivity index (χ3n) is 4.13. The first-order valence-electron chi connectivity index (χ1n) is 7.27. The first-order chi connectivity index (χ1) is 10.1. The van der Waals surface area contributed by atoms with Gasteiger partial charge in [0, 0.05) is 18.0 Å². The fourth-order valence-corrected chi connectivity index (χ4v) is 3.15.